The molecule has 3 rings (SSSR count). The van der Waals surface area contributed by atoms with E-state index in [9.17, 15) is 5.11 Å². The minimum Gasteiger partial charge on any atom is -0.392 e. The lowest BCUT2D eigenvalue weighted by atomic mass is 9.67. The van der Waals surface area contributed by atoms with Gasteiger partial charge in [-0.1, -0.05) is 63.1 Å². The minimum atomic E-state index is -0.326. The number of fused-ring (bicyclic) bond motifs is 1. The van der Waals surface area contributed by atoms with Crippen molar-refractivity contribution < 1.29 is 5.11 Å². The predicted octanol–water partition coefficient (Wildman–Crippen LogP) is 6.32. The molecule has 0 aromatic heterocycles. The fourth-order valence-electron chi connectivity index (χ4n) is 4.52. The SMILES string of the molecule is CCCC[C@]1(CC)CCc2ccccc2[C@@H](c2ccc(I)cc2)[C@H]1O. The zero-order valence-electron chi connectivity index (χ0n) is 15.3. The zero-order valence-corrected chi connectivity index (χ0v) is 17.5. The van der Waals surface area contributed by atoms with Crippen LogP contribution in [0.4, 0.5) is 0 Å². The average Bonchev–Trinajstić information content (AvgIpc) is 2.76. The van der Waals surface area contributed by atoms with Gasteiger partial charge in [-0.2, -0.15) is 0 Å². The van der Waals surface area contributed by atoms with Gasteiger partial charge in [-0.25, -0.2) is 0 Å². The smallest absolute Gasteiger partial charge is 0.0705 e. The van der Waals surface area contributed by atoms with E-state index >= 15 is 0 Å². The van der Waals surface area contributed by atoms with Crippen molar-refractivity contribution in [3.05, 3.63) is 68.8 Å². The summed E-state index contributed by atoms with van der Waals surface area (Å²) >= 11 is 2.35. The Hall–Kier alpha value is -0.870. The first-order chi connectivity index (χ1) is 12.1. The number of aliphatic hydroxyl groups excluding tert-OH is 1. The van der Waals surface area contributed by atoms with Crippen LogP contribution in [0.1, 0.15) is 68.6 Å². The summed E-state index contributed by atoms with van der Waals surface area (Å²) in [6.45, 7) is 4.51. The largest absolute Gasteiger partial charge is 0.392 e. The zero-order chi connectivity index (χ0) is 17.9. The molecule has 1 aliphatic carbocycles. The Morgan fingerprint density at radius 3 is 2.48 bits per heavy atom. The summed E-state index contributed by atoms with van der Waals surface area (Å²) < 4.78 is 1.24. The van der Waals surface area contributed by atoms with Crippen molar-refractivity contribution in [3.63, 3.8) is 0 Å². The Bertz CT molecular complexity index is 693. The standard InChI is InChI=1S/C23H29IO/c1-3-5-15-23(4-2)16-14-17-8-6-7-9-20(17)21(22(23)25)18-10-12-19(24)13-11-18/h6-13,21-22,25H,3-5,14-16H2,1-2H3/t21-,22-,23-/m1/s1. The molecule has 0 unspecified atom stereocenters. The van der Waals surface area contributed by atoms with Crippen LogP contribution in [0.2, 0.25) is 0 Å². The summed E-state index contributed by atoms with van der Waals surface area (Å²) in [5.41, 5.74) is 4.00. The van der Waals surface area contributed by atoms with Gasteiger partial charge in [0.15, 0.2) is 0 Å². The van der Waals surface area contributed by atoms with Crippen LogP contribution in [0.15, 0.2) is 48.5 Å². The number of benzene rings is 2. The number of halogens is 1. The molecule has 0 radical (unpaired) electrons. The Morgan fingerprint density at radius 1 is 1.08 bits per heavy atom. The molecule has 25 heavy (non-hydrogen) atoms. The van der Waals surface area contributed by atoms with Crippen molar-refractivity contribution in [3.8, 4) is 0 Å². The third kappa shape index (κ3) is 3.80. The highest BCUT2D eigenvalue weighted by Gasteiger charge is 2.43. The van der Waals surface area contributed by atoms with E-state index < -0.39 is 0 Å². The van der Waals surface area contributed by atoms with E-state index in [-0.39, 0.29) is 17.4 Å². The molecule has 0 amide bonds. The molecule has 1 aliphatic rings. The van der Waals surface area contributed by atoms with Gasteiger partial charge in [-0.15, -0.1) is 0 Å². The van der Waals surface area contributed by atoms with Crippen LogP contribution in [0.3, 0.4) is 0 Å². The maximum atomic E-state index is 11.7. The molecule has 0 aliphatic heterocycles. The van der Waals surface area contributed by atoms with E-state index in [4.69, 9.17) is 0 Å². The quantitative estimate of drug-likeness (QED) is 0.420. The van der Waals surface area contributed by atoms with E-state index in [1.807, 2.05) is 0 Å². The van der Waals surface area contributed by atoms with Crippen LogP contribution in [-0.2, 0) is 6.42 Å². The van der Waals surface area contributed by atoms with Crippen LogP contribution in [0.5, 0.6) is 0 Å². The summed E-state index contributed by atoms with van der Waals surface area (Å²) in [5, 5.41) is 11.7. The van der Waals surface area contributed by atoms with E-state index in [1.54, 1.807) is 0 Å². The second-order valence-electron chi connectivity index (χ2n) is 7.49. The Balaban J connectivity index is 2.10. The van der Waals surface area contributed by atoms with Gasteiger partial charge in [-0.3, -0.25) is 0 Å². The maximum Gasteiger partial charge on any atom is 0.0705 e. The van der Waals surface area contributed by atoms with Crippen LogP contribution in [0.25, 0.3) is 0 Å². The lowest BCUT2D eigenvalue weighted by Gasteiger charge is -2.40. The lowest BCUT2D eigenvalue weighted by Crippen LogP contribution is -2.38. The molecule has 1 N–H and O–H groups in total. The van der Waals surface area contributed by atoms with Gasteiger partial charge >= 0.3 is 0 Å². The predicted molar refractivity (Wildman–Crippen MR) is 114 cm³/mol. The molecule has 0 saturated carbocycles. The van der Waals surface area contributed by atoms with Crippen molar-refractivity contribution in [2.45, 2.75) is 64.4 Å². The molecule has 0 saturated heterocycles. The third-order valence-electron chi connectivity index (χ3n) is 6.19. The van der Waals surface area contributed by atoms with Gasteiger partial charge in [0, 0.05) is 9.49 Å². The van der Waals surface area contributed by atoms with Gasteiger partial charge < -0.3 is 5.11 Å². The van der Waals surface area contributed by atoms with Crippen molar-refractivity contribution >= 4 is 22.6 Å². The third-order valence-corrected chi connectivity index (χ3v) is 6.91. The summed E-state index contributed by atoms with van der Waals surface area (Å²) in [6, 6.07) is 17.5. The molecular weight excluding hydrogens is 419 g/mol. The highest BCUT2D eigenvalue weighted by Crippen LogP contribution is 2.48. The van der Waals surface area contributed by atoms with E-state index in [0.717, 1.165) is 25.7 Å². The normalized spacial score (nSPS) is 26.1. The molecule has 0 bridgehead atoms. The van der Waals surface area contributed by atoms with Gasteiger partial charge in [0.05, 0.1) is 6.10 Å². The number of hydrogen-bond donors (Lipinski definition) is 1. The molecule has 0 heterocycles. The highest BCUT2D eigenvalue weighted by atomic mass is 127. The van der Waals surface area contributed by atoms with Crippen molar-refractivity contribution in [2.75, 3.05) is 0 Å². The second kappa shape index (κ2) is 8.22. The molecule has 0 fully saturated rings. The Labute approximate surface area is 166 Å². The van der Waals surface area contributed by atoms with E-state index in [2.05, 4.69) is 85.0 Å². The molecule has 0 spiro atoms. The first-order valence-corrected chi connectivity index (χ1v) is 10.7. The highest BCUT2D eigenvalue weighted by molar-refractivity contribution is 14.1. The molecular formula is C23H29IO. The van der Waals surface area contributed by atoms with Crippen LogP contribution in [-0.4, -0.2) is 11.2 Å². The molecule has 2 aromatic carbocycles. The van der Waals surface area contributed by atoms with E-state index in [0.29, 0.717) is 0 Å². The average molecular weight is 448 g/mol. The Morgan fingerprint density at radius 2 is 1.80 bits per heavy atom. The summed E-state index contributed by atoms with van der Waals surface area (Å²) in [6.07, 6.45) is 6.39. The molecule has 2 heteroatoms. The Kier molecular flexibility index (Phi) is 6.21. The first kappa shape index (κ1) is 18.9. The van der Waals surface area contributed by atoms with Crippen molar-refractivity contribution in [1.82, 2.24) is 0 Å². The number of rotatable bonds is 5. The summed E-state index contributed by atoms with van der Waals surface area (Å²) in [5.74, 6) is 0.0764. The van der Waals surface area contributed by atoms with Crippen LogP contribution < -0.4 is 0 Å². The van der Waals surface area contributed by atoms with E-state index in [1.165, 1.54) is 33.1 Å². The summed E-state index contributed by atoms with van der Waals surface area (Å²) in [7, 11) is 0. The van der Waals surface area contributed by atoms with Crippen molar-refractivity contribution in [1.29, 1.82) is 0 Å². The number of hydrogen-bond acceptors (Lipinski definition) is 1. The number of aryl methyl sites for hydroxylation is 1. The van der Waals surface area contributed by atoms with Gasteiger partial charge in [0.25, 0.3) is 0 Å². The van der Waals surface area contributed by atoms with Crippen LogP contribution in [0, 0.1) is 8.99 Å². The second-order valence-corrected chi connectivity index (χ2v) is 8.74. The summed E-state index contributed by atoms with van der Waals surface area (Å²) in [4.78, 5) is 0. The monoisotopic (exact) mass is 448 g/mol. The van der Waals surface area contributed by atoms with Gasteiger partial charge in [0.1, 0.15) is 0 Å². The van der Waals surface area contributed by atoms with Gasteiger partial charge in [0.2, 0.25) is 0 Å². The lowest BCUT2D eigenvalue weighted by molar-refractivity contribution is -0.00156. The molecule has 2 aromatic rings. The number of aliphatic hydroxyl groups is 1. The van der Waals surface area contributed by atoms with Crippen molar-refractivity contribution in [2.24, 2.45) is 5.41 Å². The van der Waals surface area contributed by atoms with Crippen LogP contribution >= 0.6 is 22.6 Å². The molecule has 1 nitrogen and oxygen atoms in total. The maximum absolute atomic E-state index is 11.7. The molecule has 134 valence electrons. The fourth-order valence-corrected chi connectivity index (χ4v) is 4.88. The fraction of sp³-hybridized carbons (Fsp3) is 0.478. The minimum absolute atomic E-state index is 0.0166. The van der Waals surface area contributed by atoms with Gasteiger partial charge in [-0.05, 0) is 82.5 Å². The molecule has 3 atom stereocenters. The first-order valence-electron chi connectivity index (χ1n) is 9.62. The topological polar surface area (TPSA) is 20.2 Å². The number of unbranched alkanes of at least 4 members (excludes halogenated alkanes) is 1.